The van der Waals surface area contributed by atoms with Gasteiger partial charge in [0.2, 0.25) is 0 Å². The number of nitrogens with zero attached hydrogens (tertiary/aromatic N) is 2. The number of benzene rings is 1. The second kappa shape index (κ2) is 6.51. The highest BCUT2D eigenvalue weighted by molar-refractivity contribution is 5.24. The van der Waals surface area contributed by atoms with Gasteiger partial charge in [0.15, 0.2) is 0 Å². The van der Waals surface area contributed by atoms with Crippen molar-refractivity contribution in [2.75, 3.05) is 33.2 Å². The summed E-state index contributed by atoms with van der Waals surface area (Å²) in [4.78, 5) is 4.78. The number of hydrogen-bond acceptors (Lipinski definition) is 3. The molecule has 1 aromatic carbocycles. The van der Waals surface area contributed by atoms with E-state index in [0.29, 0.717) is 0 Å². The molecule has 1 aromatic rings. The van der Waals surface area contributed by atoms with Crippen molar-refractivity contribution in [1.82, 2.24) is 9.80 Å². The van der Waals surface area contributed by atoms with Gasteiger partial charge in [-0.15, -0.1) is 0 Å². The number of aryl methyl sites for hydroxylation is 1. The summed E-state index contributed by atoms with van der Waals surface area (Å²) in [5.74, 6) is 0. The summed E-state index contributed by atoms with van der Waals surface area (Å²) < 4.78 is 0. The van der Waals surface area contributed by atoms with E-state index in [1.165, 1.54) is 12.0 Å². The molecule has 1 heterocycles. The van der Waals surface area contributed by atoms with Crippen molar-refractivity contribution in [3.63, 3.8) is 0 Å². The molecule has 2 atom stereocenters. The van der Waals surface area contributed by atoms with Crippen molar-refractivity contribution < 1.29 is 5.11 Å². The Morgan fingerprint density at radius 2 is 1.74 bits per heavy atom. The lowest BCUT2D eigenvalue weighted by atomic mass is 10.0. The highest BCUT2D eigenvalue weighted by Gasteiger charge is 2.24. The first-order chi connectivity index (χ1) is 9.08. The second-order valence-electron chi connectivity index (χ2n) is 5.79. The zero-order valence-corrected chi connectivity index (χ0v) is 12.3. The van der Waals surface area contributed by atoms with E-state index in [4.69, 9.17) is 0 Å². The van der Waals surface area contributed by atoms with Crippen LogP contribution < -0.4 is 0 Å². The Bertz CT molecular complexity index is 390. The lowest BCUT2D eigenvalue weighted by molar-refractivity contribution is 0.0602. The minimum absolute atomic E-state index is 0.175. The summed E-state index contributed by atoms with van der Waals surface area (Å²) in [5, 5.41) is 10.5. The summed E-state index contributed by atoms with van der Waals surface area (Å²) in [6, 6.07) is 8.40. The van der Waals surface area contributed by atoms with Crippen LogP contribution in [0, 0.1) is 6.92 Å². The van der Waals surface area contributed by atoms with Gasteiger partial charge in [-0.3, -0.25) is 4.90 Å². The first-order valence-electron chi connectivity index (χ1n) is 7.25. The molecular formula is C16H26N2O. The van der Waals surface area contributed by atoms with Crippen molar-refractivity contribution >= 4 is 0 Å². The van der Waals surface area contributed by atoms with Crippen LogP contribution in [0.25, 0.3) is 0 Å². The van der Waals surface area contributed by atoms with E-state index in [2.05, 4.69) is 42.8 Å². The predicted octanol–water partition coefficient (Wildman–Crippen LogP) is 2.05. The number of rotatable bonds is 3. The van der Waals surface area contributed by atoms with Crippen molar-refractivity contribution in [2.45, 2.75) is 32.4 Å². The average molecular weight is 262 g/mol. The van der Waals surface area contributed by atoms with E-state index in [0.717, 1.165) is 31.7 Å². The SMILES string of the molecule is Cc1ccc(C(O)C(C)N2CCCN(C)CC2)cc1. The molecule has 2 rings (SSSR count). The number of aliphatic hydroxyl groups excluding tert-OH is 1. The van der Waals surface area contributed by atoms with E-state index >= 15 is 0 Å². The van der Waals surface area contributed by atoms with E-state index in [9.17, 15) is 5.11 Å². The molecule has 3 nitrogen and oxygen atoms in total. The molecule has 0 saturated carbocycles. The third kappa shape index (κ3) is 3.78. The Morgan fingerprint density at radius 3 is 2.42 bits per heavy atom. The summed E-state index contributed by atoms with van der Waals surface area (Å²) in [5.41, 5.74) is 2.26. The predicted molar refractivity (Wildman–Crippen MR) is 79.3 cm³/mol. The first kappa shape index (κ1) is 14.5. The van der Waals surface area contributed by atoms with Gasteiger partial charge in [-0.1, -0.05) is 29.8 Å². The Hall–Kier alpha value is -0.900. The van der Waals surface area contributed by atoms with Crippen LogP contribution in [0.15, 0.2) is 24.3 Å². The molecule has 1 aliphatic heterocycles. The van der Waals surface area contributed by atoms with Crippen LogP contribution in [0.5, 0.6) is 0 Å². The fourth-order valence-corrected chi connectivity index (χ4v) is 2.72. The van der Waals surface area contributed by atoms with Gasteiger partial charge in [-0.2, -0.15) is 0 Å². The zero-order valence-electron chi connectivity index (χ0n) is 12.3. The fourth-order valence-electron chi connectivity index (χ4n) is 2.72. The normalized spacial score (nSPS) is 21.9. The molecule has 1 fully saturated rings. The van der Waals surface area contributed by atoms with Gasteiger partial charge in [0, 0.05) is 19.1 Å². The molecular weight excluding hydrogens is 236 g/mol. The highest BCUT2D eigenvalue weighted by atomic mass is 16.3. The maximum absolute atomic E-state index is 10.5. The molecule has 1 saturated heterocycles. The molecule has 0 radical (unpaired) electrons. The van der Waals surface area contributed by atoms with Crippen molar-refractivity contribution in [3.05, 3.63) is 35.4 Å². The lowest BCUT2D eigenvalue weighted by Gasteiger charge is -2.31. The maximum atomic E-state index is 10.5. The highest BCUT2D eigenvalue weighted by Crippen LogP contribution is 2.22. The Kier molecular flexibility index (Phi) is 4.97. The van der Waals surface area contributed by atoms with Crippen LogP contribution in [-0.4, -0.2) is 54.2 Å². The largest absolute Gasteiger partial charge is 0.387 e. The molecule has 3 heteroatoms. The van der Waals surface area contributed by atoms with Crippen LogP contribution in [0.2, 0.25) is 0 Å². The smallest absolute Gasteiger partial charge is 0.0942 e. The Morgan fingerprint density at radius 1 is 1.05 bits per heavy atom. The molecule has 0 spiro atoms. The summed E-state index contributed by atoms with van der Waals surface area (Å²) in [7, 11) is 2.17. The van der Waals surface area contributed by atoms with Gasteiger partial charge in [0.25, 0.3) is 0 Å². The zero-order chi connectivity index (χ0) is 13.8. The van der Waals surface area contributed by atoms with Crippen molar-refractivity contribution in [1.29, 1.82) is 0 Å². The fraction of sp³-hybridized carbons (Fsp3) is 0.625. The van der Waals surface area contributed by atoms with Crippen LogP contribution in [0.1, 0.15) is 30.6 Å². The topological polar surface area (TPSA) is 26.7 Å². The molecule has 2 unspecified atom stereocenters. The monoisotopic (exact) mass is 262 g/mol. The van der Waals surface area contributed by atoms with E-state index in [-0.39, 0.29) is 6.04 Å². The van der Waals surface area contributed by atoms with Crippen molar-refractivity contribution in [2.24, 2.45) is 0 Å². The number of aliphatic hydroxyl groups is 1. The van der Waals surface area contributed by atoms with E-state index in [1.807, 2.05) is 12.1 Å². The second-order valence-corrected chi connectivity index (χ2v) is 5.79. The minimum Gasteiger partial charge on any atom is -0.387 e. The quantitative estimate of drug-likeness (QED) is 0.903. The Labute approximate surface area is 116 Å². The third-order valence-electron chi connectivity index (χ3n) is 4.21. The molecule has 106 valence electrons. The maximum Gasteiger partial charge on any atom is 0.0942 e. The standard InChI is InChI=1S/C16H26N2O/c1-13-5-7-15(8-6-13)16(19)14(2)18-10-4-9-17(3)11-12-18/h5-8,14,16,19H,4,9-12H2,1-3H3. The van der Waals surface area contributed by atoms with Gasteiger partial charge in [-0.05, 0) is 46.0 Å². The number of likely N-dealkylation sites (N-methyl/N-ethyl adjacent to an activating group) is 1. The van der Waals surface area contributed by atoms with E-state index in [1.54, 1.807) is 0 Å². The summed E-state index contributed by atoms with van der Waals surface area (Å²) >= 11 is 0. The molecule has 1 aliphatic rings. The molecule has 0 amide bonds. The minimum atomic E-state index is -0.399. The molecule has 0 aromatic heterocycles. The van der Waals surface area contributed by atoms with Crippen LogP contribution >= 0.6 is 0 Å². The third-order valence-corrected chi connectivity index (χ3v) is 4.21. The van der Waals surface area contributed by atoms with E-state index < -0.39 is 6.10 Å². The molecule has 0 bridgehead atoms. The molecule has 0 aliphatic carbocycles. The number of hydrogen-bond donors (Lipinski definition) is 1. The van der Waals surface area contributed by atoms with Gasteiger partial charge >= 0.3 is 0 Å². The van der Waals surface area contributed by atoms with Crippen LogP contribution in [0.3, 0.4) is 0 Å². The summed E-state index contributed by atoms with van der Waals surface area (Å²) in [6.07, 6.45) is 0.783. The lowest BCUT2D eigenvalue weighted by Crippen LogP contribution is -2.39. The van der Waals surface area contributed by atoms with Crippen LogP contribution in [0.4, 0.5) is 0 Å². The van der Waals surface area contributed by atoms with Gasteiger partial charge in [-0.25, -0.2) is 0 Å². The van der Waals surface area contributed by atoms with Gasteiger partial charge in [0.05, 0.1) is 6.10 Å². The average Bonchev–Trinajstić information content (AvgIpc) is 2.63. The summed E-state index contributed by atoms with van der Waals surface area (Å²) in [6.45, 7) is 8.57. The van der Waals surface area contributed by atoms with Gasteiger partial charge < -0.3 is 10.0 Å². The Balaban J connectivity index is 2.01. The molecule has 19 heavy (non-hydrogen) atoms. The van der Waals surface area contributed by atoms with Crippen molar-refractivity contribution in [3.8, 4) is 0 Å². The van der Waals surface area contributed by atoms with Gasteiger partial charge in [0.1, 0.15) is 0 Å². The molecule has 1 N–H and O–H groups in total. The first-order valence-corrected chi connectivity index (χ1v) is 7.25. The van der Waals surface area contributed by atoms with Crippen LogP contribution in [-0.2, 0) is 0 Å².